The first-order chi connectivity index (χ1) is 59.2. The summed E-state index contributed by atoms with van der Waals surface area (Å²) in [6.45, 7) is 9.00. The summed E-state index contributed by atoms with van der Waals surface area (Å²) >= 11 is 0. The Bertz CT molecular complexity index is 5820. The van der Waals surface area contributed by atoms with Crippen molar-refractivity contribution in [3.05, 3.63) is 390 Å². The molecule has 8 aromatic heterocycles. The van der Waals surface area contributed by atoms with Crippen LogP contribution in [-0.4, -0.2) is 79.4 Å². The van der Waals surface area contributed by atoms with Gasteiger partial charge in [-0.25, -0.2) is 52.4 Å². The summed E-state index contributed by atoms with van der Waals surface area (Å²) in [5.41, 5.74) is 5.40. The number of benzene rings is 7. The fourth-order valence-corrected chi connectivity index (χ4v) is 10.8. The lowest BCUT2D eigenvalue weighted by atomic mass is 10.1. The van der Waals surface area contributed by atoms with E-state index in [4.69, 9.17) is 23.7 Å². The number of nitrogens with one attached hydrogen (secondary N) is 5. The van der Waals surface area contributed by atoms with Gasteiger partial charge < -0.3 is 50.3 Å². The molecular weight excluding hydrogens is 1600 g/mol. The third-order valence-corrected chi connectivity index (χ3v) is 16.1. The SMILES string of the molecule is Cc1cccc(C(=O)Nc2cc(F)cc(Oc3cccnc3)c2)c1.Cc1cccc(C(=O)Nc2cc(F)cc(Oc3cncnc3)c2)n1.Cc1cccc(C(=O)Nc2cc(F)cc(Oc3cncnc3)c2)n1.Cc1cccc(C(=O)Nc2cc(Oc3cccnc3)cc(C(F)(F)F)c2)c1.Cc1cnc(C(=O)Nc2cccc(Oc3cccnc3)c2)c(F)c1. The van der Waals surface area contributed by atoms with Crippen LogP contribution >= 0.6 is 0 Å². The van der Waals surface area contributed by atoms with Gasteiger partial charge in [0.15, 0.2) is 23.0 Å². The Labute approximate surface area is 698 Å². The van der Waals surface area contributed by atoms with Gasteiger partial charge in [-0.2, -0.15) is 13.2 Å². The van der Waals surface area contributed by atoms with Crippen LogP contribution in [-0.2, 0) is 6.18 Å². The maximum absolute atomic E-state index is 13.8. The number of rotatable bonds is 20. The number of anilines is 5. The molecule has 0 radical (unpaired) electrons. The second-order valence-corrected chi connectivity index (χ2v) is 26.2. The lowest BCUT2D eigenvalue weighted by Gasteiger charge is -2.14. The summed E-state index contributed by atoms with van der Waals surface area (Å²) in [6, 6.07) is 57.2. The van der Waals surface area contributed by atoms with Gasteiger partial charge in [0.2, 0.25) is 0 Å². The van der Waals surface area contributed by atoms with E-state index in [0.29, 0.717) is 56.8 Å². The van der Waals surface area contributed by atoms with Crippen molar-refractivity contribution in [1.29, 1.82) is 0 Å². The van der Waals surface area contributed by atoms with E-state index in [1.165, 1.54) is 123 Å². The minimum Gasteiger partial charge on any atom is -0.456 e. The maximum atomic E-state index is 13.8. The Kier molecular flexibility index (Phi) is 30.2. The maximum Gasteiger partial charge on any atom is 0.416 e. The minimum absolute atomic E-state index is 0.0183. The van der Waals surface area contributed by atoms with Gasteiger partial charge in [-0.15, -0.1) is 0 Å². The van der Waals surface area contributed by atoms with Gasteiger partial charge in [-0.1, -0.05) is 53.6 Å². The lowest BCUT2D eigenvalue weighted by molar-refractivity contribution is -0.137. The first-order valence-electron chi connectivity index (χ1n) is 36.8. The average Bonchev–Trinajstić information content (AvgIpc) is 0.811. The molecule has 5 N–H and O–H groups in total. The van der Waals surface area contributed by atoms with Crippen LogP contribution in [0.4, 0.5) is 59.2 Å². The predicted octanol–water partition coefficient (Wildman–Crippen LogP) is 20.7. The number of ether oxygens (including phenoxy) is 5. The van der Waals surface area contributed by atoms with Gasteiger partial charge in [0.05, 0.1) is 48.9 Å². The highest BCUT2D eigenvalue weighted by molar-refractivity contribution is 6.06. The summed E-state index contributed by atoms with van der Waals surface area (Å²) in [7, 11) is 0. The van der Waals surface area contributed by atoms with Crippen LogP contribution in [0, 0.1) is 57.9 Å². The fourth-order valence-electron chi connectivity index (χ4n) is 10.8. The van der Waals surface area contributed by atoms with Crippen LogP contribution in [0.2, 0.25) is 0 Å². The van der Waals surface area contributed by atoms with Gasteiger partial charge in [-0.3, -0.25) is 38.9 Å². The van der Waals surface area contributed by atoms with Crippen molar-refractivity contribution in [3.63, 3.8) is 0 Å². The molecule has 0 atom stereocenters. The summed E-state index contributed by atoms with van der Waals surface area (Å²) in [6.07, 6.45) is 14.7. The number of hydrogen-bond donors (Lipinski definition) is 5. The molecule has 618 valence electrons. The van der Waals surface area contributed by atoms with Crippen molar-refractivity contribution >= 4 is 58.0 Å². The zero-order valence-corrected chi connectivity index (χ0v) is 65.6. The smallest absolute Gasteiger partial charge is 0.416 e. The number of pyridine rings is 6. The number of carbonyl (C=O) groups is 5. The van der Waals surface area contributed by atoms with E-state index in [0.717, 1.165) is 34.6 Å². The van der Waals surface area contributed by atoms with Gasteiger partial charge in [-0.05, 0) is 174 Å². The lowest BCUT2D eigenvalue weighted by Crippen LogP contribution is -2.15. The van der Waals surface area contributed by atoms with Crippen molar-refractivity contribution in [2.75, 3.05) is 26.6 Å². The van der Waals surface area contributed by atoms with Crippen LogP contribution in [0.1, 0.15) is 85.8 Å². The van der Waals surface area contributed by atoms with Crippen molar-refractivity contribution in [1.82, 2.24) is 49.8 Å². The van der Waals surface area contributed by atoms with E-state index >= 15 is 0 Å². The highest BCUT2D eigenvalue weighted by Crippen LogP contribution is 2.37. The number of halogens is 7. The molecule has 15 rings (SSSR count). The third-order valence-electron chi connectivity index (χ3n) is 16.1. The standard InChI is InChI=1S/C20H15F3N2O2.C19H15FN2O2.C18H14FN3O2.2C17H13FN4O2/c1-13-4-2-5-14(8-13)19(26)25-16-9-15(20(21,22)23)10-18(11-16)27-17-6-3-7-24-12-17;1-13-4-2-5-14(8-13)19(23)22-16-9-15(20)10-18(11-16)24-17-6-3-7-21-12-17;1-12-8-16(19)17(21-10-12)18(23)22-13-4-2-5-14(9-13)24-15-6-3-7-20-11-15;2*1-11-3-2-4-16(21-11)17(23)22-13-5-12(18)6-14(7-13)24-15-8-19-10-20-9-15/h2-12H,1H3,(H,25,26);2-12H,1H3,(H,22,23);2-11H,1H3,(H,22,23);2*2-10H,1H3,(H,22,23). The summed E-state index contributed by atoms with van der Waals surface area (Å²) in [5, 5.41) is 13.0. The Morgan fingerprint density at radius 3 is 1.06 bits per heavy atom. The molecule has 0 fully saturated rings. The average molecular weight is 1670 g/mol. The monoisotopic (exact) mass is 1670 g/mol. The van der Waals surface area contributed by atoms with E-state index in [1.807, 2.05) is 26.0 Å². The minimum atomic E-state index is -4.59. The molecule has 0 saturated carbocycles. The molecule has 15 aromatic rings. The van der Waals surface area contributed by atoms with Crippen LogP contribution in [0.15, 0.2) is 305 Å². The van der Waals surface area contributed by atoms with E-state index in [-0.39, 0.29) is 68.8 Å². The zero-order chi connectivity index (χ0) is 87.2. The van der Waals surface area contributed by atoms with E-state index < -0.39 is 58.6 Å². The molecule has 0 saturated heterocycles. The molecule has 8 heterocycles. The van der Waals surface area contributed by atoms with Gasteiger partial charge in [0.1, 0.15) is 87.5 Å². The Hall–Kier alpha value is -16.5. The van der Waals surface area contributed by atoms with Crippen LogP contribution in [0.5, 0.6) is 57.5 Å². The molecule has 0 spiro atoms. The molecule has 7 aromatic carbocycles. The predicted molar refractivity (Wildman–Crippen MR) is 443 cm³/mol. The summed E-state index contributed by atoms with van der Waals surface area (Å²) in [4.78, 5) is 100. The molecule has 123 heavy (non-hydrogen) atoms. The Balaban J connectivity index is 0.000000150. The van der Waals surface area contributed by atoms with E-state index in [9.17, 15) is 54.7 Å². The summed E-state index contributed by atoms with van der Waals surface area (Å²) in [5.74, 6) is -1.29. The van der Waals surface area contributed by atoms with E-state index in [2.05, 4.69) is 76.4 Å². The molecule has 0 aliphatic heterocycles. The third kappa shape index (κ3) is 28.1. The largest absolute Gasteiger partial charge is 0.456 e. The number of aromatic nitrogens is 10. The molecular formula is C91H70F7N15O10. The van der Waals surface area contributed by atoms with Crippen LogP contribution in [0.3, 0.4) is 0 Å². The van der Waals surface area contributed by atoms with Crippen molar-refractivity contribution in [2.45, 2.75) is 40.8 Å². The topological polar surface area (TPSA) is 321 Å². The molecule has 0 bridgehead atoms. The Morgan fingerprint density at radius 2 is 0.659 bits per heavy atom. The van der Waals surface area contributed by atoms with Crippen molar-refractivity contribution in [3.8, 4) is 57.5 Å². The second-order valence-electron chi connectivity index (χ2n) is 26.2. The number of nitrogens with zero attached hydrogens (tertiary/aromatic N) is 10. The number of amides is 5. The second kappa shape index (κ2) is 42.5. The number of carbonyl (C=O) groups excluding carboxylic acids is 5. The quantitative estimate of drug-likeness (QED) is 0.0443. The molecule has 32 heteroatoms. The van der Waals surface area contributed by atoms with Crippen molar-refractivity contribution < 1.29 is 78.4 Å². The molecule has 0 unspecified atom stereocenters. The number of hydrogen-bond acceptors (Lipinski definition) is 20. The van der Waals surface area contributed by atoms with Gasteiger partial charge in [0, 0.05) is 124 Å². The van der Waals surface area contributed by atoms with Crippen LogP contribution in [0.25, 0.3) is 0 Å². The first kappa shape index (κ1) is 87.3. The molecule has 25 nitrogen and oxygen atoms in total. The van der Waals surface area contributed by atoms with E-state index in [1.54, 1.807) is 179 Å². The zero-order valence-electron chi connectivity index (χ0n) is 65.6. The summed E-state index contributed by atoms with van der Waals surface area (Å²) < 4.78 is 122. The van der Waals surface area contributed by atoms with Gasteiger partial charge in [0.25, 0.3) is 29.5 Å². The number of alkyl halides is 3. The van der Waals surface area contributed by atoms with Gasteiger partial charge >= 0.3 is 6.18 Å². The normalized spacial score (nSPS) is 10.4. The fraction of sp³-hybridized carbons (Fsp3) is 0.0659. The molecule has 5 amide bonds. The molecule has 0 aliphatic carbocycles. The Morgan fingerprint density at radius 1 is 0.301 bits per heavy atom. The number of aryl methyl sites for hydroxylation is 5. The highest BCUT2D eigenvalue weighted by Gasteiger charge is 2.32. The first-order valence-corrected chi connectivity index (χ1v) is 36.8. The highest BCUT2D eigenvalue weighted by atomic mass is 19.4. The van der Waals surface area contributed by atoms with Crippen molar-refractivity contribution in [2.24, 2.45) is 0 Å². The van der Waals surface area contributed by atoms with Crippen LogP contribution < -0.4 is 50.3 Å². The molecule has 0 aliphatic rings.